The lowest BCUT2D eigenvalue weighted by molar-refractivity contribution is 0.405. The van der Waals surface area contributed by atoms with Gasteiger partial charge in [-0.1, -0.05) is 19.1 Å². The Kier molecular flexibility index (Phi) is 11.8. The molecule has 0 aliphatic heterocycles. The molecule has 1 aromatic carbocycles. The molecule has 0 amide bonds. The highest BCUT2D eigenvalue weighted by atomic mass is 127. The number of nitrogens with one attached hydrogen (secondary N) is 2. The van der Waals surface area contributed by atoms with Crippen LogP contribution in [0.1, 0.15) is 17.6 Å². The second kappa shape index (κ2) is 13.2. The zero-order valence-electron chi connectivity index (χ0n) is 16.3. The summed E-state index contributed by atoms with van der Waals surface area (Å²) in [7, 11) is 3.52. The summed E-state index contributed by atoms with van der Waals surface area (Å²) in [6, 6.07) is 8.14. The molecule has 2 N–H and O–H groups in total. The van der Waals surface area contributed by atoms with Crippen molar-refractivity contribution in [2.75, 3.05) is 33.0 Å². The normalized spacial score (nSPS) is 12.2. The van der Waals surface area contributed by atoms with Crippen molar-refractivity contribution < 1.29 is 4.74 Å². The highest BCUT2D eigenvalue weighted by Gasteiger charge is 2.08. The smallest absolute Gasteiger partial charge is 0.190 e. The van der Waals surface area contributed by atoms with Crippen molar-refractivity contribution in [3.63, 3.8) is 0 Å². The molecule has 8 heteroatoms. The van der Waals surface area contributed by atoms with Crippen LogP contribution >= 0.6 is 47.1 Å². The van der Waals surface area contributed by atoms with Crippen LogP contribution in [0.4, 0.5) is 0 Å². The van der Waals surface area contributed by atoms with Gasteiger partial charge in [0.1, 0.15) is 5.75 Å². The Hall–Kier alpha value is -1.000. The average molecular weight is 521 g/mol. The molecule has 5 nitrogen and oxygen atoms in total. The third-order valence-electron chi connectivity index (χ3n) is 3.77. The van der Waals surface area contributed by atoms with Crippen molar-refractivity contribution in [3.05, 3.63) is 40.3 Å². The molecular formula is C19H29IN4OS2. The molecule has 0 aliphatic carbocycles. The van der Waals surface area contributed by atoms with Gasteiger partial charge in [0.2, 0.25) is 0 Å². The molecule has 27 heavy (non-hydrogen) atoms. The van der Waals surface area contributed by atoms with E-state index in [9.17, 15) is 0 Å². The predicted octanol–water partition coefficient (Wildman–Crippen LogP) is 4.21. The van der Waals surface area contributed by atoms with Crippen LogP contribution in [-0.2, 0) is 6.42 Å². The monoisotopic (exact) mass is 520 g/mol. The summed E-state index contributed by atoms with van der Waals surface area (Å²) < 4.78 is 5.41. The number of para-hydroxylation sites is 1. The number of halogens is 1. The maximum absolute atomic E-state index is 5.41. The lowest BCUT2D eigenvalue weighted by atomic mass is 10.2. The second-order valence-electron chi connectivity index (χ2n) is 6.05. The van der Waals surface area contributed by atoms with Gasteiger partial charge in [-0.2, -0.15) is 0 Å². The fourth-order valence-electron chi connectivity index (χ4n) is 2.35. The molecular weight excluding hydrogens is 491 g/mol. The van der Waals surface area contributed by atoms with Crippen LogP contribution in [0.5, 0.6) is 5.75 Å². The Labute approximate surface area is 187 Å². The summed E-state index contributed by atoms with van der Waals surface area (Å²) in [6.07, 6.45) is 0.907. The standard InChI is InChI=1S/C19H28N4OS2.HI/c1-14(12-26-18-8-6-5-7-17(18)24-4)11-22-19(20-3)21-10-9-16-13-25-15(2)23-16;/h5-8,13-14H,9-12H2,1-4H3,(H2,20,21,22);1H. The van der Waals surface area contributed by atoms with Crippen molar-refractivity contribution >= 4 is 53.0 Å². The summed E-state index contributed by atoms with van der Waals surface area (Å²) >= 11 is 3.52. The number of nitrogens with zero attached hydrogens (tertiary/aromatic N) is 2. The maximum Gasteiger partial charge on any atom is 0.190 e. The first-order chi connectivity index (χ1) is 12.6. The van der Waals surface area contributed by atoms with E-state index in [1.807, 2.05) is 36.9 Å². The predicted molar refractivity (Wildman–Crippen MR) is 128 cm³/mol. The number of hydrogen-bond acceptors (Lipinski definition) is 5. The molecule has 1 atom stereocenters. The van der Waals surface area contributed by atoms with Crippen molar-refractivity contribution in [2.24, 2.45) is 10.9 Å². The van der Waals surface area contributed by atoms with Gasteiger partial charge in [-0.15, -0.1) is 47.1 Å². The molecule has 0 fully saturated rings. The molecule has 1 heterocycles. The van der Waals surface area contributed by atoms with Crippen LogP contribution in [0.3, 0.4) is 0 Å². The van der Waals surface area contributed by atoms with E-state index in [0.717, 1.165) is 47.7 Å². The Morgan fingerprint density at radius 3 is 2.78 bits per heavy atom. The number of rotatable bonds is 9. The third-order valence-corrected chi connectivity index (χ3v) is 5.98. The van der Waals surface area contributed by atoms with Crippen LogP contribution in [0.15, 0.2) is 39.5 Å². The quantitative estimate of drug-likeness (QED) is 0.225. The number of aryl methyl sites for hydroxylation is 1. The van der Waals surface area contributed by atoms with Crippen molar-refractivity contribution in [1.29, 1.82) is 0 Å². The minimum Gasteiger partial charge on any atom is -0.496 e. The average Bonchev–Trinajstić information content (AvgIpc) is 3.08. The lowest BCUT2D eigenvalue weighted by Gasteiger charge is -2.16. The van der Waals surface area contributed by atoms with E-state index in [1.54, 1.807) is 25.5 Å². The van der Waals surface area contributed by atoms with E-state index >= 15 is 0 Å². The number of guanidine groups is 1. The molecule has 0 aliphatic rings. The van der Waals surface area contributed by atoms with E-state index in [4.69, 9.17) is 4.74 Å². The molecule has 0 saturated carbocycles. The van der Waals surface area contributed by atoms with Crippen LogP contribution in [0.25, 0.3) is 0 Å². The maximum atomic E-state index is 5.41. The van der Waals surface area contributed by atoms with Gasteiger partial charge in [0, 0.05) is 42.6 Å². The van der Waals surface area contributed by atoms with Gasteiger partial charge in [-0.3, -0.25) is 4.99 Å². The number of hydrogen-bond donors (Lipinski definition) is 2. The summed E-state index contributed by atoms with van der Waals surface area (Å²) in [6.45, 7) is 5.97. The summed E-state index contributed by atoms with van der Waals surface area (Å²) in [5, 5.41) is 9.98. The summed E-state index contributed by atoms with van der Waals surface area (Å²) in [5.74, 6) is 3.30. The first-order valence-corrected chi connectivity index (χ1v) is 10.6. The highest BCUT2D eigenvalue weighted by Crippen LogP contribution is 2.29. The Balaban J connectivity index is 0.00000364. The third kappa shape index (κ3) is 8.69. The fraction of sp³-hybridized carbons (Fsp3) is 0.474. The first-order valence-electron chi connectivity index (χ1n) is 8.73. The summed E-state index contributed by atoms with van der Waals surface area (Å²) in [5.41, 5.74) is 1.14. The van der Waals surface area contributed by atoms with Gasteiger partial charge >= 0.3 is 0 Å². The number of ether oxygens (including phenoxy) is 1. The van der Waals surface area contributed by atoms with Gasteiger partial charge in [0.05, 0.1) is 17.8 Å². The molecule has 2 aromatic rings. The van der Waals surface area contributed by atoms with Gasteiger partial charge < -0.3 is 15.4 Å². The number of aromatic nitrogens is 1. The van der Waals surface area contributed by atoms with Gasteiger partial charge in [-0.05, 0) is 25.0 Å². The van der Waals surface area contributed by atoms with Crippen molar-refractivity contribution in [2.45, 2.75) is 25.2 Å². The molecule has 1 unspecified atom stereocenters. The number of benzene rings is 1. The van der Waals surface area contributed by atoms with E-state index in [0.29, 0.717) is 5.92 Å². The number of thioether (sulfide) groups is 1. The zero-order valence-corrected chi connectivity index (χ0v) is 20.3. The fourth-order valence-corrected chi connectivity index (χ4v) is 4.05. The molecule has 0 spiro atoms. The van der Waals surface area contributed by atoms with Crippen LogP contribution in [-0.4, -0.2) is 43.9 Å². The second-order valence-corrected chi connectivity index (χ2v) is 8.18. The van der Waals surface area contributed by atoms with Crippen molar-refractivity contribution in [1.82, 2.24) is 15.6 Å². The van der Waals surface area contributed by atoms with Gasteiger partial charge in [-0.25, -0.2) is 4.98 Å². The Bertz CT molecular complexity index is 709. The largest absolute Gasteiger partial charge is 0.496 e. The van der Waals surface area contributed by atoms with Crippen LogP contribution in [0, 0.1) is 12.8 Å². The van der Waals surface area contributed by atoms with Crippen molar-refractivity contribution in [3.8, 4) is 5.75 Å². The summed E-state index contributed by atoms with van der Waals surface area (Å²) in [4.78, 5) is 9.96. The number of aliphatic imine (C=N–C) groups is 1. The van der Waals surface area contributed by atoms with E-state index in [1.165, 1.54) is 4.90 Å². The van der Waals surface area contributed by atoms with Gasteiger partial charge in [0.25, 0.3) is 0 Å². The van der Waals surface area contributed by atoms with E-state index in [2.05, 4.69) is 39.0 Å². The molecule has 150 valence electrons. The number of methoxy groups -OCH3 is 1. The number of thiazole rings is 1. The SMILES string of the molecule is CN=C(NCCc1csc(C)n1)NCC(C)CSc1ccccc1OC.I. The van der Waals surface area contributed by atoms with Crippen LogP contribution < -0.4 is 15.4 Å². The highest BCUT2D eigenvalue weighted by molar-refractivity contribution is 14.0. The van der Waals surface area contributed by atoms with Crippen LogP contribution in [0.2, 0.25) is 0 Å². The molecule has 2 rings (SSSR count). The Morgan fingerprint density at radius 1 is 1.33 bits per heavy atom. The minimum atomic E-state index is 0. The van der Waals surface area contributed by atoms with E-state index < -0.39 is 0 Å². The Morgan fingerprint density at radius 2 is 2.11 bits per heavy atom. The van der Waals surface area contributed by atoms with E-state index in [-0.39, 0.29) is 24.0 Å². The topological polar surface area (TPSA) is 58.5 Å². The molecule has 0 radical (unpaired) electrons. The lowest BCUT2D eigenvalue weighted by Crippen LogP contribution is -2.40. The molecule has 0 bridgehead atoms. The van der Waals surface area contributed by atoms with Gasteiger partial charge in [0.15, 0.2) is 5.96 Å². The first kappa shape index (κ1) is 24.0. The molecule has 0 saturated heterocycles. The zero-order chi connectivity index (χ0) is 18.8. The molecule has 1 aromatic heterocycles. The minimum absolute atomic E-state index is 0.